The Balaban J connectivity index is 1.94. The van der Waals surface area contributed by atoms with E-state index >= 15 is 0 Å². The molecule has 3 atom stereocenters. The highest BCUT2D eigenvalue weighted by molar-refractivity contribution is 5.79. The van der Waals surface area contributed by atoms with E-state index in [4.69, 9.17) is 10.5 Å². The van der Waals surface area contributed by atoms with Gasteiger partial charge in [-0.05, 0) is 57.4 Å². The lowest BCUT2D eigenvalue weighted by molar-refractivity contribution is -0.155. The maximum absolute atomic E-state index is 11.8. The average Bonchev–Trinajstić information content (AvgIpc) is 2.91. The smallest absolute Gasteiger partial charge is 0.327 e. The quantitative estimate of drug-likeness (QED) is 0.575. The van der Waals surface area contributed by atoms with E-state index in [1.807, 2.05) is 20.8 Å². The molecule has 0 aromatic carbocycles. The Bertz CT molecular complexity index is 327. The van der Waals surface area contributed by atoms with E-state index in [2.05, 4.69) is 6.08 Å². The Labute approximate surface area is 97.0 Å². The van der Waals surface area contributed by atoms with Crippen LogP contribution in [0.5, 0.6) is 0 Å². The Morgan fingerprint density at radius 1 is 1.50 bits per heavy atom. The Morgan fingerprint density at radius 3 is 2.75 bits per heavy atom. The number of hydrogen-bond donors (Lipinski definition) is 1. The predicted molar refractivity (Wildman–Crippen MR) is 62.7 cm³/mol. The highest BCUT2D eigenvalue weighted by Crippen LogP contribution is 2.49. The second kappa shape index (κ2) is 3.88. The number of fused-ring (bicyclic) bond motifs is 1. The van der Waals surface area contributed by atoms with Crippen molar-refractivity contribution in [2.45, 2.75) is 51.7 Å². The normalized spacial score (nSPS) is 30.1. The molecule has 2 rings (SSSR count). The summed E-state index contributed by atoms with van der Waals surface area (Å²) in [5.74, 6) is 1.36. The van der Waals surface area contributed by atoms with Crippen molar-refractivity contribution < 1.29 is 9.53 Å². The lowest BCUT2D eigenvalue weighted by Gasteiger charge is -2.24. The van der Waals surface area contributed by atoms with E-state index in [1.165, 1.54) is 6.42 Å². The summed E-state index contributed by atoms with van der Waals surface area (Å²) in [4.78, 5) is 11.8. The molecule has 3 heteroatoms. The highest BCUT2D eigenvalue weighted by Gasteiger charge is 2.41. The first-order valence-corrected chi connectivity index (χ1v) is 6.04. The monoisotopic (exact) mass is 223 g/mol. The molecular weight excluding hydrogens is 202 g/mol. The first-order chi connectivity index (χ1) is 7.37. The van der Waals surface area contributed by atoms with Gasteiger partial charge in [0.05, 0.1) is 0 Å². The summed E-state index contributed by atoms with van der Waals surface area (Å²) in [5, 5.41) is 0. The molecule has 2 unspecified atom stereocenters. The molecule has 0 heterocycles. The summed E-state index contributed by atoms with van der Waals surface area (Å²) in [6.07, 6.45) is 5.53. The van der Waals surface area contributed by atoms with Gasteiger partial charge in [-0.15, -0.1) is 0 Å². The van der Waals surface area contributed by atoms with Gasteiger partial charge in [0.1, 0.15) is 11.6 Å². The lowest BCUT2D eigenvalue weighted by Crippen LogP contribution is -2.39. The minimum atomic E-state index is -0.555. The van der Waals surface area contributed by atoms with Gasteiger partial charge in [-0.3, -0.25) is 0 Å². The van der Waals surface area contributed by atoms with Crippen LogP contribution >= 0.6 is 0 Å². The van der Waals surface area contributed by atoms with E-state index in [9.17, 15) is 4.79 Å². The van der Waals surface area contributed by atoms with Crippen molar-refractivity contribution in [2.75, 3.05) is 0 Å². The summed E-state index contributed by atoms with van der Waals surface area (Å²) in [5.41, 5.74) is 6.56. The number of hydrogen-bond acceptors (Lipinski definition) is 3. The van der Waals surface area contributed by atoms with Crippen LogP contribution in [0.25, 0.3) is 0 Å². The molecule has 1 saturated carbocycles. The van der Waals surface area contributed by atoms with Crippen LogP contribution < -0.4 is 5.73 Å². The standard InChI is InChI=1S/C13H21NO2/c1-13(2,3)16-12(15)11(14)9-5-4-8-6-10(8)7-9/h5,8,10-11H,4,6-7,14H2,1-3H3/t8?,10?,11-/m1/s1. The highest BCUT2D eigenvalue weighted by atomic mass is 16.6. The van der Waals surface area contributed by atoms with Crippen molar-refractivity contribution in [1.29, 1.82) is 0 Å². The molecule has 0 spiro atoms. The lowest BCUT2D eigenvalue weighted by atomic mass is 9.94. The fourth-order valence-corrected chi connectivity index (χ4v) is 2.31. The number of carbonyl (C=O) groups is 1. The van der Waals surface area contributed by atoms with Crippen LogP contribution in [0.4, 0.5) is 0 Å². The summed E-state index contributed by atoms with van der Waals surface area (Å²) in [6, 6.07) is -0.555. The molecule has 0 aliphatic heterocycles. The number of nitrogens with two attached hydrogens (primary N) is 1. The van der Waals surface area contributed by atoms with E-state index in [1.54, 1.807) is 0 Å². The van der Waals surface area contributed by atoms with E-state index in [0.717, 1.165) is 30.3 Å². The van der Waals surface area contributed by atoms with Crippen LogP contribution in [-0.4, -0.2) is 17.6 Å². The van der Waals surface area contributed by atoms with Gasteiger partial charge in [0.15, 0.2) is 0 Å². The van der Waals surface area contributed by atoms with Crippen molar-refractivity contribution in [3.8, 4) is 0 Å². The topological polar surface area (TPSA) is 52.3 Å². The van der Waals surface area contributed by atoms with Crippen LogP contribution in [0.1, 0.15) is 40.0 Å². The zero-order chi connectivity index (χ0) is 11.9. The molecule has 0 saturated heterocycles. The maximum atomic E-state index is 11.8. The number of allylic oxidation sites excluding steroid dienone is 1. The molecule has 2 aliphatic rings. The predicted octanol–water partition coefficient (Wildman–Crippen LogP) is 2.01. The number of carbonyl (C=O) groups excluding carboxylic acids is 1. The summed E-state index contributed by atoms with van der Waals surface area (Å²) in [7, 11) is 0. The largest absolute Gasteiger partial charge is 0.459 e. The fourth-order valence-electron chi connectivity index (χ4n) is 2.31. The second-order valence-electron chi connectivity index (χ2n) is 5.99. The summed E-state index contributed by atoms with van der Waals surface area (Å²) in [6.45, 7) is 5.59. The molecule has 90 valence electrons. The van der Waals surface area contributed by atoms with Gasteiger partial charge in [-0.1, -0.05) is 6.08 Å². The van der Waals surface area contributed by atoms with Crippen molar-refractivity contribution in [3.05, 3.63) is 11.6 Å². The van der Waals surface area contributed by atoms with Crippen LogP contribution in [0.2, 0.25) is 0 Å². The van der Waals surface area contributed by atoms with E-state index in [-0.39, 0.29) is 5.97 Å². The fraction of sp³-hybridized carbons (Fsp3) is 0.769. The van der Waals surface area contributed by atoms with Gasteiger partial charge in [0, 0.05) is 0 Å². The molecule has 3 nitrogen and oxygen atoms in total. The second-order valence-corrected chi connectivity index (χ2v) is 5.99. The van der Waals surface area contributed by atoms with Gasteiger partial charge in [-0.2, -0.15) is 0 Å². The van der Waals surface area contributed by atoms with Gasteiger partial charge in [0.25, 0.3) is 0 Å². The van der Waals surface area contributed by atoms with Crippen molar-refractivity contribution in [3.63, 3.8) is 0 Å². The molecule has 2 aliphatic carbocycles. The molecule has 0 aromatic rings. The van der Waals surface area contributed by atoms with Gasteiger partial charge >= 0.3 is 5.97 Å². The van der Waals surface area contributed by atoms with E-state index < -0.39 is 11.6 Å². The van der Waals surface area contributed by atoms with Gasteiger partial charge in [-0.25, -0.2) is 4.79 Å². The number of esters is 1. The van der Waals surface area contributed by atoms with Crippen LogP contribution in [0, 0.1) is 11.8 Å². The molecule has 16 heavy (non-hydrogen) atoms. The van der Waals surface area contributed by atoms with Crippen LogP contribution in [0.3, 0.4) is 0 Å². The average molecular weight is 223 g/mol. The van der Waals surface area contributed by atoms with Crippen LogP contribution in [0.15, 0.2) is 11.6 Å². The zero-order valence-electron chi connectivity index (χ0n) is 10.3. The minimum Gasteiger partial charge on any atom is -0.459 e. The Kier molecular flexibility index (Phi) is 2.82. The third-order valence-electron chi connectivity index (χ3n) is 3.31. The molecule has 0 amide bonds. The first-order valence-electron chi connectivity index (χ1n) is 6.04. The van der Waals surface area contributed by atoms with Gasteiger partial charge in [0.2, 0.25) is 0 Å². The van der Waals surface area contributed by atoms with Crippen molar-refractivity contribution in [2.24, 2.45) is 17.6 Å². The van der Waals surface area contributed by atoms with Crippen molar-refractivity contribution in [1.82, 2.24) is 0 Å². The molecule has 0 aromatic heterocycles. The summed E-state index contributed by atoms with van der Waals surface area (Å²) < 4.78 is 5.30. The maximum Gasteiger partial charge on any atom is 0.327 e. The molecule has 2 N–H and O–H groups in total. The first kappa shape index (κ1) is 11.6. The van der Waals surface area contributed by atoms with E-state index in [0.29, 0.717) is 0 Å². The third kappa shape index (κ3) is 2.64. The summed E-state index contributed by atoms with van der Waals surface area (Å²) >= 11 is 0. The molecule has 0 radical (unpaired) electrons. The Morgan fingerprint density at radius 2 is 2.19 bits per heavy atom. The Hall–Kier alpha value is -0.830. The number of ether oxygens (including phenoxy) is 1. The molecule has 0 bridgehead atoms. The SMILES string of the molecule is CC(C)(C)OC(=O)[C@H](N)C1=CCC2CC2C1. The van der Waals surface area contributed by atoms with Crippen molar-refractivity contribution >= 4 is 5.97 Å². The third-order valence-corrected chi connectivity index (χ3v) is 3.31. The number of rotatable bonds is 2. The molecule has 1 fully saturated rings. The van der Waals surface area contributed by atoms with Crippen LogP contribution in [-0.2, 0) is 9.53 Å². The van der Waals surface area contributed by atoms with Gasteiger partial charge < -0.3 is 10.5 Å². The zero-order valence-corrected chi connectivity index (χ0v) is 10.3. The molecular formula is C13H21NO2. The minimum absolute atomic E-state index is 0.294.